The average molecular weight is 355 g/mol. The van der Waals surface area contributed by atoms with Gasteiger partial charge in [0.15, 0.2) is 15.5 Å². The summed E-state index contributed by atoms with van der Waals surface area (Å²) < 4.78 is 28.4. The second kappa shape index (κ2) is 6.48. The van der Waals surface area contributed by atoms with Gasteiger partial charge in [-0.1, -0.05) is 5.16 Å². The van der Waals surface area contributed by atoms with Gasteiger partial charge >= 0.3 is 0 Å². The Kier molecular flexibility index (Phi) is 4.70. The summed E-state index contributed by atoms with van der Waals surface area (Å²) in [6.45, 7) is 6.20. The van der Waals surface area contributed by atoms with Crippen molar-refractivity contribution in [2.24, 2.45) is 5.92 Å². The molecule has 3 rings (SSSR count). The van der Waals surface area contributed by atoms with Crippen molar-refractivity contribution in [3.8, 4) is 0 Å². The predicted octanol–water partition coefficient (Wildman–Crippen LogP) is 1.00. The number of nitrogens with zero attached hydrogens (tertiary/aromatic N) is 2. The van der Waals surface area contributed by atoms with E-state index < -0.39 is 9.84 Å². The zero-order valence-corrected chi connectivity index (χ0v) is 15.1. The quantitative estimate of drug-likeness (QED) is 0.866. The van der Waals surface area contributed by atoms with Crippen molar-refractivity contribution in [3.63, 3.8) is 0 Å². The van der Waals surface area contributed by atoms with Crippen molar-refractivity contribution >= 4 is 15.7 Å². The summed E-state index contributed by atoms with van der Waals surface area (Å²) in [7, 11) is -2.87. The van der Waals surface area contributed by atoms with E-state index in [0.29, 0.717) is 17.2 Å². The fourth-order valence-electron chi connectivity index (χ4n) is 3.78. The van der Waals surface area contributed by atoms with Gasteiger partial charge in [-0.15, -0.1) is 0 Å². The van der Waals surface area contributed by atoms with E-state index in [4.69, 9.17) is 4.52 Å². The molecule has 0 spiro atoms. The zero-order chi connectivity index (χ0) is 17.4. The first kappa shape index (κ1) is 17.4. The molecule has 7 nitrogen and oxygen atoms in total. The van der Waals surface area contributed by atoms with Crippen LogP contribution in [0.5, 0.6) is 0 Å². The molecule has 2 saturated heterocycles. The second-order valence-electron chi connectivity index (χ2n) is 7.47. The molecule has 1 aromatic heterocycles. The Hall–Kier alpha value is -1.41. The van der Waals surface area contributed by atoms with Gasteiger partial charge in [-0.05, 0) is 39.0 Å². The van der Waals surface area contributed by atoms with Crippen molar-refractivity contribution in [2.45, 2.75) is 38.6 Å². The minimum atomic E-state index is -2.87. The Morgan fingerprint density at radius 3 is 3.00 bits per heavy atom. The van der Waals surface area contributed by atoms with Crippen LogP contribution in [0.15, 0.2) is 10.8 Å². The summed E-state index contributed by atoms with van der Waals surface area (Å²) in [5.74, 6) is 0.615. The molecule has 2 fully saturated rings. The summed E-state index contributed by atoms with van der Waals surface area (Å²) in [6, 6.07) is 0. The molecule has 0 aromatic carbocycles. The van der Waals surface area contributed by atoms with Gasteiger partial charge in [0.1, 0.15) is 6.26 Å². The van der Waals surface area contributed by atoms with Crippen LogP contribution in [0.1, 0.15) is 42.2 Å². The van der Waals surface area contributed by atoms with Crippen LogP contribution in [0.2, 0.25) is 0 Å². The fraction of sp³-hybridized carbons (Fsp3) is 0.750. The highest BCUT2D eigenvalue weighted by Gasteiger charge is 2.37. The minimum Gasteiger partial charge on any atom is -0.364 e. The van der Waals surface area contributed by atoms with Crippen LogP contribution in [0, 0.1) is 12.8 Å². The largest absolute Gasteiger partial charge is 0.364 e. The highest BCUT2D eigenvalue weighted by Crippen LogP contribution is 2.25. The number of nitrogens with one attached hydrogen (secondary N) is 1. The Bertz CT molecular complexity index is 715. The van der Waals surface area contributed by atoms with E-state index in [0.717, 1.165) is 44.5 Å². The van der Waals surface area contributed by atoms with E-state index in [1.165, 1.54) is 6.26 Å². The standard InChI is InChI=1S/C16H25N3O4S/c1-12-9-23-18-14(12)15(20)17-16(2)5-6-19(11-16)8-13-4-3-7-24(21,22)10-13/h9,13H,3-8,10-11H2,1-2H3,(H,17,20). The van der Waals surface area contributed by atoms with Gasteiger partial charge in [-0.2, -0.15) is 0 Å². The summed E-state index contributed by atoms with van der Waals surface area (Å²) in [6.07, 6.45) is 4.04. The first-order chi connectivity index (χ1) is 11.3. The van der Waals surface area contributed by atoms with E-state index >= 15 is 0 Å². The fourth-order valence-corrected chi connectivity index (χ4v) is 5.54. The van der Waals surface area contributed by atoms with E-state index in [9.17, 15) is 13.2 Å². The number of aryl methyl sites for hydroxylation is 1. The number of sulfone groups is 1. The smallest absolute Gasteiger partial charge is 0.274 e. The van der Waals surface area contributed by atoms with Gasteiger partial charge in [0.05, 0.1) is 17.0 Å². The topological polar surface area (TPSA) is 92.5 Å². The lowest BCUT2D eigenvalue weighted by atomic mass is 10.0. The Morgan fingerprint density at radius 1 is 1.54 bits per heavy atom. The van der Waals surface area contributed by atoms with E-state index in [-0.39, 0.29) is 17.4 Å². The third-order valence-corrected chi connectivity index (χ3v) is 6.89. The summed E-state index contributed by atoms with van der Waals surface area (Å²) in [5, 5.41) is 6.81. The normalized spacial score (nSPS) is 30.3. The van der Waals surface area contributed by atoms with Crippen molar-refractivity contribution in [1.82, 2.24) is 15.4 Å². The molecule has 2 aliphatic heterocycles. The molecule has 2 aliphatic rings. The van der Waals surface area contributed by atoms with Gasteiger partial charge < -0.3 is 14.7 Å². The summed E-state index contributed by atoms with van der Waals surface area (Å²) in [5.41, 5.74) is 0.724. The minimum absolute atomic E-state index is 0.208. The summed E-state index contributed by atoms with van der Waals surface area (Å²) in [4.78, 5) is 14.6. The number of carbonyl (C=O) groups excluding carboxylic acids is 1. The molecule has 3 heterocycles. The third-order valence-electron chi connectivity index (χ3n) is 5.00. The molecule has 24 heavy (non-hydrogen) atoms. The molecular formula is C16H25N3O4S. The van der Waals surface area contributed by atoms with Gasteiger partial charge in [0.25, 0.3) is 5.91 Å². The number of rotatable bonds is 4. The van der Waals surface area contributed by atoms with Crippen LogP contribution in [-0.2, 0) is 9.84 Å². The lowest BCUT2D eigenvalue weighted by Crippen LogP contribution is -2.48. The molecule has 134 valence electrons. The molecule has 0 aliphatic carbocycles. The van der Waals surface area contributed by atoms with Crippen molar-refractivity contribution < 1.29 is 17.7 Å². The molecule has 2 atom stereocenters. The molecule has 1 N–H and O–H groups in total. The Labute approximate surface area is 142 Å². The van der Waals surface area contributed by atoms with Crippen molar-refractivity contribution in [2.75, 3.05) is 31.1 Å². The lowest BCUT2D eigenvalue weighted by Gasteiger charge is -2.29. The number of carbonyl (C=O) groups is 1. The number of aromatic nitrogens is 1. The highest BCUT2D eigenvalue weighted by molar-refractivity contribution is 7.91. The van der Waals surface area contributed by atoms with Gasteiger partial charge in [0.2, 0.25) is 0 Å². The molecule has 1 aromatic rings. The van der Waals surface area contributed by atoms with Crippen LogP contribution in [0.4, 0.5) is 0 Å². The van der Waals surface area contributed by atoms with E-state index in [1.807, 2.05) is 6.92 Å². The highest BCUT2D eigenvalue weighted by atomic mass is 32.2. The molecule has 1 amide bonds. The maximum atomic E-state index is 12.3. The second-order valence-corrected chi connectivity index (χ2v) is 9.70. The first-order valence-electron chi connectivity index (χ1n) is 8.43. The molecule has 0 radical (unpaired) electrons. The molecule has 2 unspecified atom stereocenters. The van der Waals surface area contributed by atoms with Crippen LogP contribution in [0.3, 0.4) is 0 Å². The number of hydrogen-bond donors (Lipinski definition) is 1. The SMILES string of the molecule is Cc1conc1C(=O)NC1(C)CCN(CC2CCCS(=O)(=O)C2)C1. The van der Waals surface area contributed by atoms with Crippen molar-refractivity contribution in [1.29, 1.82) is 0 Å². The van der Waals surface area contributed by atoms with Crippen LogP contribution >= 0.6 is 0 Å². The Morgan fingerprint density at radius 2 is 2.33 bits per heavy atom. The maximum absolute atomic E-state index is 12.3. The van der Waals surface area contributed by atoms with Gasteiger partial charge in [0, 0.05) is 25.2 Å². The third kappa shape index (κ3) is 3.97. The van der Waals surface area contributed by atoms with Gasteiger partial charge in [-0.3, -0.25) is 4.79 Å². The van der Waals surface area contributed by atoms with Gasteiger partial charge in [-0.25, -0.2) is 8.42 Å². The molecule has 0 bridgehead atoms. The number of likely N-dealkylation sites (tertiary alicyclic amines) is 1. The molecule has 8 heteroatoms. The Balaban J connectivity index is 1.56. The van der Waals surface area contributed by atoms with Crippen molar-refractivity contribution in [3.05, 3.63) is 17.5 Å². The monoisotopic (exact) mass is 355 g/mol. The predicted molar refractivity (Wildman–Crippen MR) is 89.5 cm³/mol. The molecular weight excluding hydrogens is 330 g/mol. The number of hydrogen-bond acceptors (Lipinski definition) is 6. The van der Waals surface area contributed by atoms with Crippen LogP contribution < -0.4 is 5.32 Å². The zero-order valence-electron chi connectivity index (χ0n) is 14.2. The van der Waals surface area contributed by atoms with E-state index in [2.05, 4.69) is 15.4 Å². The van der Waals surface area contributed by atoms with Crippen LogP contribution in [0.25, 0.3) is 0 Å². The van der Waals surface area contributed by atoms with E-state index in [1.54, 1.807) is 6.92 Å². The first-order valence-corrected chi connectivity index (χ1v) is 10.2. The maximum Gasteiger partial charge on any atom is 0.274 e. The molecule has 0 saturated carbocycles. The van der Waals surface area contributed by atoms with Crippen LogP contribution in [-0.4, -0.2) is 61.1 Å². The lowest BCUT2D eigenvalue weighted by molar-refractivity contribution is 0.0897. The average Bonchev–Trinajstić information content (AvgIpc) is 3.04. The number of amides is 1. The summed E-state index contributed by atoms with van der Waals surface area (Å²) >= 11 is 0.